The highest BCUT2D eigenvalue weighted by Crippen LogP contribution is 2.37. The topological polar surface area (TPSA) is 97.8 Å². The van der Waals surface area contributed by atoms with Gasteiger partial charge < -0.3 is 5.73 Å². The minimum Gasteiger partial charge on any atom is -0.382 e. The first-order valence-electron chi connectivity index (χ1n) is 5.09. The zero-order chi connectivity index (χ0) is 12.6. The van der Waals surface area contributed by atoms with Crippen LogP contribution in [0.1, 0.15) is 25.3 Å². The lowest BCUT2D eigenvalue weighted by Gasteiger charge is -2.05. The summed E-state index contributed by atoms with van der Waals surface area (Å²) < 4.78 is 0. The molecular formula is C10H12N4O2S. The van der Waals surface area contributed by atoms with E-state index < -0.39 is 4.92 Å². The molecule has 0 fully saturated rings. The second-order valence-corrected chi connectivity index (χ2v) is 5.01. The third kappa shape index (κ3) is 2.01. The van der Waals surface area contributed by atoms with E-state index in [2.05, 4.69) is 10.2 Å². The van der Waals surface area contributed by atoms with Crippen LogP contribution in [0, 0.1) is 10.1 Å². The Hall–Kier alpha value is -1.89. The summed E-state index contributed by atoms with van der Waals surface area (Å²) in [5, 5.41) is 17.5. The van der Waals surface area contributed by atoms with Crippen LogP contribution in [0.5, 0.6) is 0 Å². The van der Waals surface area contributed by atoms with Crippen molar-refractivity contribution >= 4 is 22.2 Å². The zero-order valence-corrected chi connectivity index (χ0v) is 10.2. The minimum atomic E-state index is -0.400. The molecule has 7 heteroatoms. The van der Waals surface area contributed by atoms with Crippen LogP contribution in [0.3, 0.4) is 0 Å². The number of hydrogen-bond donors (Lipinski definition) is 2. The predicted molar refractivity (Wildman–Crippen MR) is 67.1 cm³/mol. The van der Waals surface area contributed by atoms with E-state index in [0.29, 0.717) is 5.82 Å². The number of anilines is 1. The van der Waals surface area contributed by atoms with E-state index in [9.17, 15) is 10.1 Å². The average Bonchev–Trinajstić information content (AvgIpc) is 2.82. The van der Waals surface area contributed by atoms with Gasteiger partial charge in [0.1, 0.15) is 5.82 Å². The van der Waals surface area contributed by atoms with Gasteiger partial charge in [0, 0.05) is 11.6 Å². The van der Waals surface area contributed by atoms with Crippen LogP contribution < -0.4 is 5.73 Å². The highest BCUT2D eigenvalue weighted by Gasteiger charge is 2.19. The summed E-state index contributed by atoms with van der Waals surface area (Å²) in [6.45, 7) is 4.01. The van der Waals surface area contributed by atoms with Gasteiger partial charge in [-0.15, -0.1) is 0 Å². The van der Waals surface area contributed by atoms with Gasteiger partial charge >= 0.3 is 5.00 Å². The van der Waals surface area contributed by atoms with Crippen molar-refractivity contribution in [2.45, 2.75) is 19.8 Å². The Balaban J connectivity index is 2.49. The highest BCUT2D eigenvalue weighted by molar-refractivity contribution is 7.18. The molecule has 0 unspecified atom stereocenters. The lowest BCUT2D eigenvalue weighted by Crippen LogP contribution is -1.94. The average molecular weight is 252 g/mol. The van der Waals surface area contributed by atoms with Crippen molar-refractivity contribution < 1.29 is 4.92 Å². The molecule has 0 amide bonds. The van der Waals surface area contributed by atoms with Crippen molar-refractivity contribution in [3.8, 4) is 10.6 Å². The standard InChI is InChI=1S/C10H12N4O2S/c1-5(2)8-9(12-13-10(8)11)6-3-4-7(17-6)14(15)16/h3-5H,1-2H3,(H3,11,12,13). The number of nitrogen functional groups attached to an aromatic ring is 1. The Labute approximate surface area is 102 Å². The van der Waals surface area contributed by atoms with Crippen LogP contribution in [0.15, 0.2) is 12.1 Å². The molecule has 2 heterocycles. The summed E-state index contributed by atoms with van der Waals surface area (Å²) in [6.07, 6.45) is 0. The van der Waals surface area contributed by atoms with E-state index in [1.54, 1.807) is 6.07 Å². The molecule has 2 aromatic heterocycles. The van der Waals surface area contributed by atoms with Crippen molar-refractivity contribution in [2.75, 3.05) is 5.73 Å². The molecule has 0 radical (unpaired) electrons. The third-order valence-corrected chi connectivity index (χ3v) is 3.48. The lowest BCUT2D eigenvalue weighted by molar-refractivity contribution is -0.380. The van der Waals surface area contributed by atoms with Crippen LogP contribution in [0.4, 0.5) is 10.8 Å². The molecule has 0 saturated heterocycles. The van der Waals surface area contributed by atoms with Gasteiger partial charge in [0.15, 0.2) is 0 Å². The summed E-state index contributed by atoms with van der Waals surface area (Å²) in [5.74, 6) is 0.663. The van der Waals surface area contributed by atoms with E-state index in [-0.39, 0.29) is 10.9 Å². The summed E-state index contributed by atoms with van der Waals surface area (Å²) in [4.78, 5) is 11.0. The first kappa shape index (κ1) is 11.6. The van der Waals surface area contributed by atoms with Crippen molar-refractivity contribution in [1.82, 2.24) is 10.2 Å². The van der Waals surface area contributed by atoms with Gasteiger partial charge in [0.2, 0.25) is 0 Å². The van der Waals surface area contributed by atoms with Crippen LogP contribution in [0.2, 0.25) is 0 Å². The van der Waals surface area contributed by atoms with E-state index in [1.807, 2.05) is 13.8 Å². The number of nitrogens with two attached hydrogens (primary N) is 1. The molecule has 0 aliphatic rings. The highest BCUT2D eigenvalue weighted by atomic mass is 32.1. The van der Waals surface area contributed by atoms with Crippen LogP contribution in [0.25, 0.3) is 10.6 Å². The fourth-order valence-electron chi connectivity index (χ4n) is 1.70. The molecule has 6 nitrogen and oxygen atoms in total. The molecule has 0 aliphatic heterocycles. The summed E-state index contributed by atoms with van der Waals surface area (Å²) in [5.41, 5.74) is 7.45. The molecule has 0 bridgehead atoms. The van der Waals surface area contributed by atoms with Crippen molar-refractivity contribution in [3.63, 3.8) is 0 Å². The molecule has 0 saturated carbocycles. The number of thiophene rings is 1. The minimum absolute atomic E-state index is 0.114. The van der Waals surface area contributed by atoms with Crippen molar-refractivity contribution in [2.24, 2.45) is 0 Å². The van der Waals surface area contributed by atoms with Crippen LogP contribution in [-0.4, -0.2) is 15.1 Å². The second kappa shape index (κ2) is 4.17. The van der Waals surface area contributed by atoms with Gasteiger partial charge in [-0.25, -0.2) is 0 Å². The Morgan fingerprint density at radius 2 is 2.24 bits per heavy atom. The second-order valence-electron chi connectivity index (χ2n) is 3.95. The number of hydrogen-bond acceptors (Lipinski definition) is 5. The van der Waals surface area contributed by atoms with Gasteiger partial charge in [0.25, 0.3) is 0 Å². The molecule has 2 aromatic rings. The Kier molecular flexibility index (Phi) is 2.84. The van der Waals surface area contributed by atoms with E-state index >= 15 is 0 Å². The SMILES string of the molecule is CC(C)c1c(N)n[nH]c1-c1ccc([N+](=O)[O-])s1. The fraction of sp³-hybridized carbons (Fsp3) is 0.300. The first-order chi connectivity index (χ1) is 8.00. The normalized spacial score (nSPS) is 11.0. The van der Waals surface area contributed by atoms with Gasteiger partial charge in [-0.1, -0.05) is 25.2 Å². The van der Waals surface area contributed by atoms with Gasteiger partial charge in [-0.2, -0.15) is 5.10 Å². The number of H-pyrrole nitrogens is 1. The van der Waals surface area contributed by atoms with E-state index in [1.165, 1.54) is 6.07 Å². The quantitative estimate of drug-likeness (QED) is 0.648. The molecular weight excluding hydrogens is 240 g/mol. The van der Waals surface area contributed by atoms with Gasteiger partial charge in [-0.05, 0) is 12.0 Å². The Bertz CT molecular complexity index is 558. The van der Waals surface area contributed by atoms with E-state index in [4.69, 9.17) is 5.73 Å². The Morgan fingerprint density at radius 1 is 1.53 bits per heavy atom. The van der Waals surface area contributed by atoms with Crippen molar-refractivity contribution in [1.29, 1.82) is 0 Å². The summed E-state index contributed by atoms with van der Waals surface area (Å²) in [6, 6.07) is 3.20. The van der Waals surface area contributed by atoms with Gasteiger partial charge in [0.05, 0.1) is 15.5 Å². The predicted octanol–water partition coefficient (Wildman–Crippen LogP) is 2.75. The smallest absolute Gasteiger partial charge is 0.324 e. The molecule has 3 N–H and O–H groups in total. The maximum absolute atomic E-state index is 10.6. The number of nitrogens with one attached hydrogen (secondary N) is 1. The molecule has 17 heavy (non-hydrogen) atoms. The molecule has 0 aromatic carbocycles. The fourth-order valence-corrected chi connectivity index (χ4v) is 2.53. The first-order valence-corrected chi connectivity index (χ1v) is 5.90. The molecule has 0 spiro atoms. The maximum atomic E-state index is 10.6. The molecule has 0 atom stereocenters. The van der Waals surface area contributed by atoms with Crippen LogP contribution >= 0.6 is 11.3 Å². The zero-order valence-electron chi connectivity index (χ0n) is 9.43. The Morgan fingerprint density at radius 3 is 2.76 bits per heavy atom. The number of rotatable bonds is 3. The molecule has 2 rings (SSSR count). The molecule has 90 valence electrons. The van der Waals surface area contributed by atoms with Crippen molar-refractivity contribution in [3.05, 3.63) is 27.8 Å². The number of nitro groups is 1. The lowest BCUT2D eigenvalue weighted by atomic mass is 10.0. The summed E-state index contributed by atoms with van der Waals surface area (Å²) >= 11 is 1.11. The number of aromatic amines is 1. The van der Waals surface area contributed by atoms with Gasteiger partial charge in [-0.3, -0.25) is 15.2 Å². The monoisotopic (exact) mass is 252 g/mol. The number of aromatic nitrogens is 2. The number of nitrogens with zero attached hydrogens (tertiary/aromatic N) is 2. The maximum Gasteiger partial charge on any atom is 0.324 e. The van der Waals surface area contributed by atoms with E-state index in [0.717, 1.165) is 27.5 Å². The largest absolute Gasteiger partial charge is 0.382 e. The third-order valence-electron chi connectivity index (χ3n) is 2.43. The molecule has 0 aliphatic carbocycles. The van der Waals surface area contributed by atoms with Crippen LogP contribution in [-0.2, 0) is 0 Å². The summed E-state index contributed by atoms with van der Waals surface area (Å²) in [7, 11) is 0.